The zero-order valence-electron chi connectivity index (χ0n) is 11.6. The lowest BCUT2D eigenvalue weighted by Crippen LogP contribution is -2.36. The minimum Gasteiger partial charge on any atom is -0.378 e. The molecule has 0 saturated carbocycles. The average Bonchev–Trinajstić information content (AvgIpc) is 2.51. The zero-order valence-corrected chi connectivity index (χ0v) is 11.6. The third-order valence-corrected chi connectivity index (χ3v) is 3.75. The fraction of sp³-hybridized carbons (Fsp3) is 0.294. The van der Waals surface area contributed by atoms with E-state index in [-0.39, 0.29) is 5.82 Å². The van der Waals surface area contributed by atoms with Crippen molar-refractivity contribution in [2.45, 2.75) is 6.92 Å². The number of ether oxygens (including phenoxy) is 1. The molecular weight excluding hydrogens is 253 g/mol. The van der Waals surface area contributed by atoms with Crippen LogP contribution in [0.25, 0.3) is 11.1 Å². The zero-order chi connectivity index (χ0) is 13.9. The van der Waals surface area contributed by atoms with E-state index in [9.17, 15) is 4.39 Å². The van der Waals surface area contributed by atoms with Crippen LogP contribution in [0.2, 0.25) is 0 Å². The van der Waals surface area contributed by atoms with Gasteiger partial charge in [-0.05, 0) is 47.9 Å². The maximum atomic E-state index is 13.4. The molecule has 3 heteroatoms. The molecule has 104 valence electrons. The van der Waals surface area contributed by atoms with Gasteiger partial charge in [-0.15, -0.1) is 0 Å². The largest absolute Gasteiger partial charge is 0.378 e. The van der Waals surface area contributed by atoms with Gasteiger partial charge in [0.05, 0.1) is 13.2 Å². The molecule has 1 aliphatic heterocycles. The van der Waals surface area contributed by atoms with Crippen molar-refractivity contribution >= 4 is 5.69 Å². The molecule has 1 saturated heterocycles. The van der Waals surface area contributed by atoms with E-state index in [2.05, 4.69) is 29.2 Å². The van der Waals surface area contributed by atoms with Crippen LogP contribution in [0.5, 0.6) is 0 Å². The maximum Gasteiger partial charge on any atom is 0.123 e. The van der Waals surface area contributed by atoms with Gasteiger partial charge >= 0.3 is 0 Å². The van der Waals surface area contributed by atoms with Gasteiger partial charge in [-0.3, -0.25) is 0 Å². The first-order valence-electron chi connectivity index (χ1n) is 6.93. The normalized spacial score (nSPS) is 15.4. The van der Waals surface area contributed by atoms with Gasteiger partial charge in [-0.1, -0.05) is 18.2 Å². The summed E-state index contributed by atoms with van der Waals surface area (Å²) in [5.74, 6) is -0.192. The van der Waals surface area contributed by atoms with Crippen molar-refractivity contribution in [3.8, 4) is 11.1 Å². The summed E-state index contributed by atoms with van der Waals surface area (Å²) in [6.45, 7) is 5.43. The van der Waals surface area contributed by atoms with Gasteiger partial charge in [0.15, 0.2) is 0 Å². The summed E-state index contributed by atoms with van der Waals surface area (Å²) in [5.41, 5.74) is 4.30. The van der Waals surface area contributed by atoms with E-state index in [4.69, 9.17) is 4.74 Å². The predicted molar refractivity (Wildman–Crippen MR) is 79.6 cm³/mol. The molecule has 2 nitrogen and oxygen atoms in total. The minimum atomic E-state index is -0.192. The Bertz CT molecular complexity index is 588. The quantitative estimate of drug-likeness (QED) is 0.827. The van der Waals surface area contributed by atoms with Crippen molar-refractivity contribution < 1.29 is 9.13 Å². The van der Waals surface area contributed by atoms with Crippen molar-refractivity contribution in [1.29, 1.82) is 0 Å². The number of nitrogens with zero attached hydrogens (tertiary/aromatic N) is 1. The molecule has 0 unspecified atom stereocenters. The molecule has 1 fully saturated rings. The Morgan fingerprint density at radius 3 is 2.40 bits per heavy atom. The van der Waals surface area contributed by atoms with Gasteiger partial charge in [0, 0.05) is 18.8 Å². The van der Waals surface area contributed by atoms with Crippen molar-refractivity contribution in [2.75, 3.05) is 31.2 Å². The summed E-state index contributed by atoms with van der Waals surface area (Å²) < 4.78 is 18.7. The third kappa shape index (κ3) is 2.68. The van der Waals surface area contributed by atoms with E-state index < -0.39 is 0 Å². The topological polar surface area (TPSA) is 12.5 Å². The first kappa shape index (κ1) is 13.1. The molecule has 2 aromatic carbocycles. The molecule has 1 aliphatic rings. The van der Waals surface area contributed by atoms with Crippen LogP contribution in [0.3, 0.4) is 0 Å². The van der Waals surface area contributed by atoms with Crippen LogP contribution >= 0.6 is 0 Å². The summed E-state index contributed by atoms with van der Waals surface area (Å²) in [6.07, 6.45) is 0. The van der Waals surface area contributed by atoms with Crippen LogP contribution in [-0.2, 0) is 4.74 Å². The van der Waals surface area contributed by atoms with Crippen molar-refractivity contribution in [1.82, 2.24) is 0 Å². The molecule has 20 heavy (non-hydrogen) atoms. The van der Waals surface area contributed by atoms with Gasteiger partial charge in [-0.25, -0.2) is 4.39 Å². The standard InChI is InChI=1S/C17H18FNO/c1-13-2-5-15(18)12-17(13)14-3-6-16(7-4-14)19-8-10-20-11-9-19/h2-7,12H,8-11H2,1H3. The Morgan fingerprint density at radius 1 is 1.00 bits per heavy atom. The van der Waals surface area contributed by atoms with Gasteiger partial charge in [-0.2, -0.15) is 0 Å². The summed E-state index contributed by atoms with van der Waals surface area (Å²) in [6, 6.07) is 13.2. The van der Waals surface area contributed by atoms with E-state index in [1.165, 1.54) is 11.8 Å². The number of anilines is 1. The fourth-order valence-corrected chi connectivity index (χ4v) is 2.58. The lowest BCUT2D eigenvalue weighted by Gasteiger charge is -2.29. The molecule has 0 N–H and O–H groups in total. The highest BCUT2D eigenvalue weighted by Crippen LogP contribution is 2.27. The number of halogens is 1. The number of hydrogen-bond donors (Lipinski definition) is 0. The van der Waals surface area contributed by atoms with Gasteiger partial charge in [0.1, 0.15) is 5.82 Å². The highest BCUT2D eigenvalue weighted by molar-refractivity contribution is 5.69. The lowest BCUT2D eigenvalue weighted by atomic mass is 10.00. The molecule has 0 atom stereocenters. The molecule has 0 radical (unpaired) electrons. The van der Waals surface area contributed by atoms with Gasteiger partial charge in [0.25, 0.3) is 0 Å². The fourth-order valence-electron chi connectivity index (χ4n) is 2.58. The van der Waals surface area contributed by atoms with E-state index in [0.717, 1.165) is 43.0 Å². The molecule has 3 rings (SSSR count). The smallest absolute Gasteiger partial charge is 0.123 e. The number of morpholine rings is 1. The van der Waals surface area contributed by atoms with Crippen molar-refractivity contribution in [3.63, 3.8) is 0 Å². The van der Waals surface area contributed by atoms with E-state index in [0.29, 0.717) is 0 Å². The Hall–Kier alpha value is -1.87. The van der Waals surface area contributed by atoms with Crippen molar-refractivity contribution in [2.24, 2.45) is 0 Å². The SMILES string of the molecule is Cc1ccc(F)cc1-c1ccc(N2CCOCC2)cc1. The lowest BCUT2D eigenvalue weighted by molar-refractivity contribution is 0.122. The van der Waals surface area contributed by atoms with Crippen LogP contribution in [0, 0.1) is 12.7 Å². The van der Waals surface area contributed by atoms with E-state index in [1.54, 1.807) is 6.07 Å². The monoisotopic (exact) mass is 271 g/mol. The summed E-state index contributed by atoms with van der Waals surface area (Å²) in [4.78, 5) is 2.31. The number of rotatable bonds is 2. The van der Waals surface area contributed by atoms with E-state index >= 15 is 0 Å². The molecular formula is C17H18FNO. The van der Waals surface area contributed by atoms with Gasteiger partial charge in [0.2, 0.25) is 0 Å². The molecule has 2 aromatic rings. The first-order valence-corrected chi connectivity index (χ1v) is 6.93. The molecule has 1 heterocycles. The second-order valence-corrected chi connectivity index (χ2v) is 5.11. The summed E-state index contributed by atoms with van der Waals surface area (Å²) >= 11 is 0. The summed E-state index contributed by atoms with van der Waals surface area (Å²) in [7, 11) is 0. The number of benzene rings is 2. The maximum absolute atomic E-state index is 13.4. The summed E-state index contributed by atoms with van der Waals surface area (Å²) in [5, 5.41) is 0. The highest BCUT2D eigenvalue weighted by Gasteiger charge is 2.11. The van der Waals surface area contributed by atoms with Crippen LogP contribution in [-0.4, -0.2) is 26.3 Å². The molecule has 0 bridgehead atoms. The molecule has 0 amide bonds. The van der Waals surface area contributed by atoms with Crippen LogP contribution in [0.4, 0.5) is 10.1 Å². The van der Waals surface area contributed by atoms with Crippen LogP contribution in [0.1, 0.15) is 5.56 Å². The number of aryl methyl sites for hydroxylation is 1. The predicted octanol–water partition coefficient (Wildman–Crippen LogP) is 3.64. The second-order valence-electron chi connectivity index (χ2n) is 5.11. The number of hydrogen-bond acceptors (Lipinski definition) is 2. The molecule has 0 spiro atoms. The Kier molecular flexibility index (Phi) is 3.70. The Labute approximate surface area is 118 Å². The second kappa shape index (κ2) is 5.63. The first-order chi connectivity index (χ1) is 9.74. The molecule has 0 aliphatic carbocycles. The van der Waals surface area contributed by atoms with Crippen LogP contribution in [0.15, 0.2) is 42.5 Å². The highest BCUT2D eigenvalue weighted by atomic mass is 19.1. The third-order valence-electron chi connectivity index (χ3n) is 3.75. The Balaban J connectivity index is 1.87. The Morgan fingerprint density at radius 2 is 1.70 bits per heavy atom. The van der Waals surface area contributed by atoms with E-state index in [1.807, 2.05) is 13.0 Å². The van der Waals surface area contributed by atoms with Gasteiger partial charge < -0.3 is 9.64 Å². The van der Waals surface area contributed by atoms with Crippen molar-refractivity contribution in [3.05, 3.63) is 53.8 Å². The minimum absolute atomic E-state index is 0.192. The average molecular weight is 271 g/mol. The molecule has 0 aromatic heterocycles. The van der Waals surface area contributed by atoms with Crippen LogP contribution < -0.4 is 4.90 Å².